The third-order valence-electron chi connectivity index (χ3n) is 3.73. The molecule has 2 aliphatic heterocycles. The Bertz CT molecular complexity index is 524. The minimum atomic E-state index is -2.23. The molecule has 1 aromatic carbocycles. The highest BCUT2D eigenvalue weighted by Crippen LogP contribution is 2.38. The van der Waals surface area contributed by atoms with Crippen molar-refractivity contribution in [3.8, 4) is 17.2 Å². The SMILES string of the molecule is CC1CC(CO[P+](=O)Oc2ccc3c(c2)OCO3)OC1C. The number of fused-ring (bicyclic) bond motifs is 1. The maximum atomic E-state index is 11.8. The van der Waals surface area contributed by atoms with Gasteiger partial charge in [0, 0.05) is 10.6 Å². The lowest BCUT2D eigenvalue weighted by Gasteiger charge is -2.07. The molecule has 3 rings (SSSR count). The van der Waals surface area contributed by atoms with Crippen LogP contribution in [-0.4, -0.2) is 25.6 Å². The number of rotatable bonds is 5. The molecular formula is C14H18O6P+. The molecule has 2 aliphatic rings. The summed E-state index contributed by atoms with van der Waals surface area (Å²) < 4.78 is 38.4. The van der Waals surface area contributed by atoms with Crippen LogP contribution in [0.2, 0.25) is 0 Å². The van der Waals surface area contributed by atoms with Gasteiger partial charge in [-0.15, -0.1) is 4.52 Å². The molecule has 0 saturated carbocycles. The van der Waals surface area contributed by atoms with Crippen molar-refractivity contribution in [2.45, 2.75) is 32.5 Å². The van der Waals surface area contributed by atoms with Crippen LogP contribution in [0, 0.1) is 5.92 Å². The number of hydrogen-bond donors (Lipinski definition) is 0. The Balaban J connectivity index is 1.48. The first-order chi connectivity index (χ1) is 10.1. The van der Waals surface area contributed by atoms with Gasteiger partial charge in [0.1, 0.15) is 6.61 Å². The maximum Gasteiger partial charge on any atom is 0.750 e. The predicted molar refractivity (Wildman–Crippen MR) is 74.9 cm³/mol. The van der Waals surface area contributed by atoms with E-state index in [-0.39, 0.29) is 25.6 Å². The smallest absolute Gasteiger partial charge is 0.454 e. The lowest BCUT2D eigenvalue weighted by Crippen LogP contribution is -2.14. The second-order valence-electron chi connectivity index (χ2n) is 5.30. The van der Waals surface area contributed by atoms with Crippen molar-refractivity contribution in [3.63, 3.8) is 0 Å². The van der Waals surface area contributed by atoms with Crippen molar-refractivity contribution in [2.24, 2.45) is 5.92 Å². The highest BCUT2D eigenvalue weighted by Gasteiger charge is 2.33. The summed E-state index contributed by atoms with van der Waals surface area (Å²) in [5.74, 6) is 2.15. The number of hydrogen-bond acceptors (Lipinski definition) is 6. The van der Waals surface area contributed by atoms with E-state index in [2.05, 4.69) is 6.92 Å². The van der Waals surface area contributed by atoms with Crippen molar-refractivity contribution < 1.29 is 27.8 Å². The Morgan fingerprint density at radius 3 is 2.86 bits per heavy atom. The molecule has 0 aliphatic carbocycles. The second kappa shape index (κ2) is 6.18. The Morgan fingerprint density at radius 1 is 1.29 bits per heavy atom. The first kappa shape index (κ1) is 14.6. The highest BCUT2D eigenvalue weighted by atomic mass is 31.1. The van der Waals surface area contributed by atoms with Crippen LogP contribution in [0.1, 0.15) is 20.3 Å². The zero-order chi connectivity index (χ0) is 14.8. The second-order valence-corrected chi connectivity index (χ2v) is 6.19. The third kappa shape index (κ3) is 3.46. The zero-order valence-electron chi connectivity index (χ0n) is 12.0. The molecule has 1 saturated heterocycles. The molecule has 114 valence electrons. The van der Waals surface area contributed by atoms with E-state index in [9.17, 15) is 4.57 Å². The summed E-state index contributed by atoms with van der Waals surface area (Å²) in [5.41, 5.74) is 0. The molecule has 0 spiro atoms. The topological polar surface area (TPSA) is 63.2 Å². The van der Waals surface area contributed by atoms with Crippen LogP contribution < -0.4 is 14.0 Å². The highest BCUT2D eigenvalue weighted by molar-refractivity contribution is 7.33. The van der Waals surface area contributed by atoms with Crippen LogP contribution in [0.5, 0.6) is 17.2 Å². The summed E-state index contributed by atoms with van der Waals surface area (Å²) in [6.45, 7) is 4.63. The van der Waals surface area contributed by atoms with Crippen LogP contribution in [0.4, 0.5) is 0 Å². The molecule has 0 N–H and O–H groups in total. The third-order valence-corrected chi connectivity index (χ3v) is 4.45. The maximum absolute atomic E-state index is 11.8. The molecule has 1 fully saturated rings. The number of benzene rings is 1. The van der Waals surface area contributed by atoms with E-state index in [4.69, 9.17) is 23.3 Å². The zero-order valence-corrected chi connectivity index (χ0v) is 12.9. The van der Waals surface area contributed by atoms with Gasteiger partial charge in [0.15, 0.2) is 17.2 Å². The van der Waals surface area contributed by atoms with Gasteiger partial charge < -0.3 is 14.2 Å². The summed E-state index contributed by atoms with van der Waals surface area (Å²) in [4.78, 5) is 0. The first-order valence-corrected chi connectivity index (χ1v) is 8.04. The van der Waals surface area contributed by atoms with Crippen molar-refractivity contribution >= 4 is 8.25 Å². The summed E-state index contributed by atoms with van der Waals surface area (Å²) in [7, 11) is -2.23. The van der Waals surface area contributed by atoms with E-state index in [0.717, 1.165) is 6.42 Å². The minimum Gasteiger partial charge on any atom is -0.454 e. The first-order valence-electron chi connectivity index (χ1n) is 6.95. The summed E-state index contributed by atoms with van der Waals surface area (Å²) in [5, 5.41) is 0. The van der Waals surface area contributed by atoms with E-state index in [1.54, 1.807) is 18.2 Å². The van der Waals surface area contributed by atoms with Crippen LogP contribution in [-0.2, 0) is 13.8 Å². The van der Waals surface area contributed by atoms with E-state index in [1.165, 1.54) is 0 Å². The monoisotopic (exact) mass is 313 g/mol. The standard InChI is InChI=1S/C14H18O6P/c1-9-5-12(19-10(9)2)7-18-21(15)20-11-3-4-13-14(6-11)17-8-16-13/h3-4,6,9-10,12H,5,7-8H2,1-2H3/q+1. The van der Waals surface area contributed by atoms with E-state index in [1.807, 2.05) is 6.92 Å². The van der Waals surface area contributed by atoms with Gasteiger partial charge >= 0.3 is 8.25 Å². The molecule has 2 heterocycles. The minimum absolute atomic E-state index is 0.0192. The quantitative estimate of drug-likeness (QED) is 0.777. The van der Waals surface area contributed by atoms with Crippen molar-refractivity contribution in [3.05, 3.63) is 18.2 Å². The van der Waals surface area contributed by atoms with Crippen molar-refractivity contribution in [2.75, 3.05) is 13.4 Å². The van der Waals surface area contributed by atoms with Gasteiger partial charge in [-0.25, -0.2) is 4.52 Å². The van der Waals surface area contributed by atoms with Crippen LogP contribution in [0.25, 0.3) is 0 Å². The molecule has 0 aromatic heterocycles. The molecule has 0 bridgehead atoms. The normalized spacial score (nSPS) is 27.7. The van der Waals surface area contributed by atoms with Gasteiger partial charge in [0.2, 0.25) is 6.79 Å². The van der Waals surface area contributed by atoms with Crippen LogP contribution in [0.3, 0.4) is 0 Å². The van der Waals surface area contributed by atoms with Crippen LogP contribution >= 0.6 is 8.25 Å². The predicted octanol–water partition coefficient (Wildman–Crippen LogP) is 3.28. The van der Waals surface area contributed by atoms with E-state index in [0.29, 0.717) is 23.2 Å². The average molecular weight is 313 g/mol. The summed E-state index contributed by atoms with van der Waals surface area (Å²) >= 11 is 0. The molecule has 6 nitrogen and oxygen atoms in total. The van der Waals surface area contributed by atoms with Crippen molar-refractivity contribution in [1.82, 2.24) is 0 Å². The molecule has 7 heteroatoms. The fourth-order valence-electron chi connectivity index (χ4n) is 2.40. The van der Waals surface area contributed by atoms with E-state index < -0.39 is 8.25 Å². The van der Waals surface area contributed by atoms with Gasteiger partial charge in [-0.05, 0) is 31.4 Å². The Hall–Kier alpha value is -1.36. The van der Waals surface area contributed by atoms with Gasteiger partial charge in [0.25, 0.3) is 0 Å². The van der Waals surface area contributed by atoms with Gasteiger partial charge in [-0.3, -0.25) is 0 Å². The fraction of sp³-hybridized carbons (Fsp3) is 0.571. The molecule has 4 atom stereocenters. The summed E-state index contributed by atoms with van der Waals surface area (Å²) in [6, 6.07) is 5.01. The van der Waals surface area contributed by atoms with Gasteiger partial charge in [0.05, 0.1) is 12.2 Å². The van der Waals surface area contributed by atoms with E-state index >= 15 is 0 Å². The lowest BCUT2D eigenvalue weighted by atomic mass is 10.0. The van der Waals surface area contributed by atoms with Crippen molar-refractivity contribution in [1.29, 1.82) is 0 Å². The molecule has 0 radical (unpaired) electrons. The molecule has 21 heavy (non-hydrogen) atoms. The Morgan fingerprint density at radius 2 is 2.10 bits per heavy atom. The molecular weight excluding hydrogens is 295 g/mol. The van der Waals surface area contributed by atoms with Gasteiger partial charge in [-0.2, -0.15) is 0 Å². The Labute approximate surface area is 124 Å². The molecule has 1 aromatic rings. The molecule has 4 unspecified atom stereocenters. The largest absolute Gasteiger partial charge is 0.750 e. The Kier molecular flexibility index (Phi) is 4.29. The average Bonchev–Trinajstić information content (AvgIpc) is 3.03. The van der Waals surface area contributed by atoms with Crippen LogP contribution in [0.15, 0.2) is 18.2 Å². The fourth-order valence-corrected chi connectivity index (χ4v) is 3.02. The lowest BCUT2D eigenvalue weighted by molar-refractivity contribution is 0.0208. The number of ether oxygens (including phenoxy) is 3. The van der Waals surface area contributed by atoms with Gasteiger partial charge in [-0.1, -0.05) is 6.92 Å². The molecule has 0 amide bonds. The summed E-state index contributed by atoms with van der Waals surface area (Å²) in [6.07, 6.45) is 1.11.